The minimum absolute atomic E-state index is 0.122. The van der Waals surface area contributed by atoms with Gasteiger partial charge in [0.15, 0.2) is 0 Å². The Hall–Kier alpha value is -2.14. The normalized spacial score (nSPS) is 12.7. The minimum Gasteiger partial charge on any atom is -0.392 e. The molecule has 2 N–H and O–H groups in total. The molecule has 138 valence electrons. The van der Waals surface area contributed by atoms with Crippen molar-refractivity contribution < 1.29 is 5.11 Å². The van der Waals surface area contributed by atoms with Gasteiger partial charge in [-0.25, -0.2) is 0 Å². The molecule has 0 amide bonds. The number of aromatic amines is 1. The Morgan fingerprint density at radius 2 is 1.96 bits per heavy atom. The first-order valence-electron chi connectivity index (χ1n) is 9.00. The Bertz CT molecular complexity index is 1190. The van der Waals surface area contributed by atoms with Gasteiger partial charge in [-0.05, 0) is 52.1 Å². The molecule has 0 spiro atoms. The highest BCUT2D eigenvalue weighted by Crippen LogP contribution is 2.40. The number of aromatic nitrogens is 1. The van der Waals surface area contributed by atoms with Crippen molar-refractivity contribution in [3.63, 3.8) is 0 Å². The van der Waals surface area contributed by atoms with Gasteiger partial charge in [0.2, 0.25) is 0 Å². The highest BCUT2D eigenvalue weighted by molar-refractivity contribution is 7.17. The Balaban J connectivity index is 2.08. The van der Waals surface area contributed by atoms with E-state index in [1.54, 1.807) is 6.07 Å². The number of aliphatic hydroxyl groups excluding tert-OH is 1. The number of benzene rings is 2. The maximum atomic E-state index is 12.4. The molecule has 0 aliphatic rings. The fraction of sp³-hybridized carbons (Fsp3) is 0.227. The Morgan fingerprint density at radius 3 is 2.63 bits per heavy atom. The fourth-order valence-corrected chi connectivity index (χ4v) is 4.68. The Morgan fingerprint density at radius 1 is 1.22 bits per heavy atom. The molecule has 4 rings (SSSR count). The average molecular weight is 398 g/mol. The fourth-order valence-electron chi connectivity index (χ4n) is 3.61. The second-order valence-electron chi connectivity index (χ2n) is 6.85. The van der Waals surface area contributed by atoms with Crippen LogP contribution in [0, 0.1) is 0 Å². The van der Waals surface area contributed by atoms with Crippen molar-refractivity contribution in [2.24, 2.45) is 0 Å². The van der Waals surface area contributed by atoms with Crippen molar-refractivity contribution in [3.05, 3.63) is 68.3 Å². The molecule has 0 saturated carbocycles. The Labute approximate surface area is 166 Å². The summed E-state index contributed by atoms with van der Waals surface area (Å²) in [6, 6.07) is 12.2. The number of fused-ring (bicyclic) bond motifs is 3. The lowest BCUT2D eigenvalue weighted by Crippen LogP contribution is -2.06. The molecule has 1 atom stereocenters. The molecule has 4 aromatic rings. The van der Waals surface area contributed by atoms with Crippen molar-refractivity contribution in [2.45, 2.75) is 32.8 Å². The molecule has 5 heteroatoms. The van der Waals surface area contributed by atoms with Crippen LogP contribution in [-0.2, 0) is 6.61 Å². The summed E-state index contributed by atoms with van der Waals surface area (Å²) in [7, 11) is 0. The minimum atomic E-state index is -0.135. The zero-order valence-electron chi connectivity index (χ0n) is 15.2. The first kappa shape index (κ1) is 18.2. The van der Waals surface area contributed by atoms with Crippen molar-refractivity contribution in [3.8, 4) is 11.1 Å². The summed E-state index contributed by atoms with van der Waals surface area (Å²) in [5.74, 6) is 0.498. The SMILES string of the molecule is CC[C@H](C)c1ccc(-c2c(CO)cc(Cl)c3[nH]c(=O)c4sccc4c23)cc1. The number of halogens is 1. The molecular weight excluding hydrogens is 378 g/mol. The summed E-state index contributed by atoms with van der Waals surface area (Å²) >= 11 is 7.86. The van der Waals surface area contributed by atoms with E-state index >= 15 is 0 Å². The smallest absolute Gasteiger partial charge is 0.266 e. The largest absolute Gasteiger partial charge is 0.392 e. The van der Waals surface area contributed by atoms with Crippen LogP contribution < -0.4 is 5.56 Å². The van der Waals surface area contributed by atoms with E-state index in [2.05, 4.69) is 43.1 Å². The third-order valence-electron chi connectivity index (χ3n) is 5.29. The number of hydrogen-bond acceptors (Lipinski definition) is 3. The van der Waals surface area contributed by atoms with Crippen LogP contribution in [0.1, 0.15) is 37.3 Å². The molecule has 0 aliphatic heterocycles. The lowest BCUT2D eigenvalue weighted by molar-refractivity contribution is 0.282. The van der Waals surface area contributed by atoms with Gasteiger partial charge in [0.1, 0.15) is 4.70 Å². The van der Waals surface area contributed by atoms with E-state index in [1.165, 1.54) is 16.9 Å². The molecule has 0 fully saturated rings. The molecule has 0 unspecified atom stereocenters. The molecule has 2 aromatic carbocycles. The molecule has 2 aromatic heterocycles. The average Bonchev–Trinajstić information content (AvgIpc) is 3.18. The van der Waals surface area contributed by atoms with Gasteiger partial charge in [0.05, 0.1) is 17.1 Å². The summed E-state index contributed by atoms with van der Waals surface area (Å²) in [5, 5.41) is 14.1. The number of rotatable bonds is 4. The van der Waals surface area contributed by atoms with Gasteiger partial charge in [-0.2, -0.15) is 0 Å². The topological polar surface area (TPSA) is 53.1 Å². The van der Waals surface area contributed by atoms with Crippen LogP contribution in [-0.4, -0.2) is 10.1 Å². The number of H-pyrrole nitrogens is 1. The number of thiophene rings is 1. The summed E-state index contributed by atoms with van der Waals surface area (Å²) in [4.78, 5) is 15.3. The zero-order chi connectivity index (χ0) is 19.1. The van der Waals surface area contributed by atoms with Gasteiger partial charge in [0.25, 0.3) is 5.56 Å². The van der Waals surface area contributed by atoms with Gasteiger partial charge >= 0.3 is 0 Å². The first-order valence-corrected chi connectivity index (χ1v) is 10.3. The van der Waals surface area contributed by atoms with E-state index in [1.807, 2.05) is 11.4 Å². The number of hydrogen-bond donors (Lipinski definition) is 2. The molecule has 3 nitrogen and oxygen atoms in total. The van der Waals surface area contributed by atoms with Crippen LogP contribution in [0.25, 0.3) is 32.1 Å². The molecule has 2 heterocycles. The van der Waals surface area contributed by atoms with E-state index in [9.17, 15) is 9.90 Å². The predicted molar refractivity (Wildman–Crippen MR) is 115 cm³/mol. The molecule has 0 aliphatic carbocycles. The van der Waals surface area contributed by atoms with Gasteiger partial charge in [0, 0.05) is 10.8 Å². The van der Waals surface area contributed by atoms with Gasteiger partial charge in [-0.3, -0.25) is 4.79 Å². The van der Waals surface area contributed by atoms with Crippen LogP contribution >= 0.6 is 22.9 Å². The summed E-state index contributed by atoms with van der Waals surface area (Å²) in [6.07, 6.45) is 1.09. The monoisotopic (exact) mass is 397 g/mol. The van der Waals surface area contributed by atoms with E-state index in [-0.39, 0.29) is 12.2 Å². The molecule has 0 radical (unpaired) electrons. The molecule has 0 bridgehead atoms. The highest BCUT2D eigenvalue weighted by Gasteiger charge is 2.18. The number of pyridine rings is 1. The van der Waals surface area contributed by atoms with E-state index in [0.29, 0.717) is 21.2 Å². The van der Waals surface area contributed by atoms with Gasteiger partial charge in [-0.1, -0.05) is 49.7 Å². The van der Waals surface area contributed by atoms with Crippen molar-refractivity contribution >= 4 is 43.9 Å². The van der Waals surface area contributed by atoms with Gasteiger partial charge < -0.3 is 10.1 Å². The summed E-state index contributed by atoms with van der Waals surface area (Å²) < 4.78 is 0.672. The first-order chi connectivity index (χ1) is 13.0. The van der Waals surface area contributed by atoms with Crippen LogP contribution in [0.3, 0.4) is 0 Å². The van der Waals surface area contributed by atoms with Crippen molar-refractivity contribution in [1.82, 2.24) is 4.98 Å². The lowest BCUT2D eigenvalue weighted by Gasteiger charge is -2.16. The third kappa shape index (κ3) is 2.98. The lowest BCUT2D eigenvalue weighted by atomic mass is 9.91. The zero-order valence-corrected chi connectivity index (χ0v) is 16.7. The summed E-state index contributed by atoms with van der Waals surface area (Å²) in [5.41, 5.74) is 4.46. The predicted octanol–water partition coefficient (Wildman–Crippen LogP) is 6.07. The van der Waals surface area contributed by atoms with E-state index in [0.717, 1.165) is 33.9 Å². The van der Waals surface area contributed by atoms with E-state index < -0.39 is 0 Å². The van der Waals surface area contributed by atoms with Crippen molar-refractivity contribution in [1.29, 1.82) is 0 Å². The number of aliphatic hydroxyl groups is 1. The summed E-state index contributed by atoms with van der Waals surface area (Å²) in [6.45, 7) is 4.27. The quantitative estimate of drug-likeness (QED) is 0.439. The van der Waals surface area contributed by atoms with Crippen molar-refractivity contribution in [2.75, 3.05) is 0 Å². The van der Waals surface area contributed by atoms with Crippen LogP contribution in [0.2, 0.25) is 5.02 Å². The number of nitrogens with one attached hydrogen (secondary N) is 1. The second kappa shape index (κ2) is 7.12. The molecule has 0 saturated heterocycles. The van der Waals surface area contributed by atoms with Crippen LogP contribution in [0.4, 0.5) is 0 Å². The Kier molecular flexibility index (Phi) is 4.81. The standard InChI is InChI=1S/C22H20ClNO2S/c1-3-12(2)13-4-6-14(7-5-13)18-15(11-25)10-17(23)20-19(18)16-8-9-27-21(16)22(26)24-20/h4-10,12,25H,3,11H2,1-2H3,(H,24,26)/t12-/m0/s1. The van der Waals surface area contributed by atoms with Crippen LogP contribution in [0.15, 0.2) is 46.6 Å². The maximum Gasteiger partial charge on any atom is 0.266 e. The highest BCUT2D eigenvalue weighted by atomic mass is 35.5. The third-order valence-corrected chi connectivity index (χ3v) is 6.50. The van der Waals surface area contributed by atoms with Gasteiger partial charge in [-0.15, -0.1) is 11.3 Å². The molecule has 27 heavy (non-hydrogen) atoms. The maximum absolute atomic E-state index is 12.4. The second-order valence-corrected chi connectivity index (χ2v) is 8.17. The van der Waals surface area contributed by atoms with Crippen LogP contribution in [0.5, 0.6) is 0 Å². The molecular formula is C22H20ClNO2S. The van der Waals surface area contributed by atoms with E-state index in [4.69, 9.17) is 11.6 Å².